The molecular weight excluding hydrogens is 208 g/mol. The summed E-state index contributed by atoms with van der Waals surface area (Å²) in [6.45, 7) is 6.40. The van der Waals surface area contributed by atoms with Crippen molar-refractivity contribution in [2.75, 3.05) is 5.32 Å². The molecule has 0 amide bonds. The molecule has 0 aliphatic heterocycles. The van der Waals surface area contributed by atoms with Crippen molar-refractivity contribution in [2.24, 2.45) is 11.7 Å². The first-order valence-electron chi connectivity index (χ1n) is 4.89. The summed E-state index contributed by atoms with van der Waals surface area (Å²) >= 11 is 4.79. The van der Waals surface area contributed by atoms with Crippen molar-refractivity contribution >= 4 is 23.0 Å². The zero-order valence-corrected chi connectivity index (χ0v) is 10.0. The van der Waals surface area contributed by atoms with E-state index in [1.165, 1.54) is 0 Å². The van der Waals surface area contributed by atoms with E-state index in [4.69, 9.17) is 18.0 Å². The summed E-state index contributed by atoms with van der Waals surface area (Å²) in [6, 6.07) is 0.356. The Kier molecular flexibility index (Phi) is 3.96. The van der Waals surface area contributed by atoms with E-state index in [9.17, 15) is 0 Å². The van der Waals surface area contributed by atoms with E-state index in [2.05, 4.69) is 36.1 Å². The van der Waals surface area contributed by atoms with Crippen LogP contribution in [0.5, 0.6) is 0 Å². The van der Waals surface area contributed by atoms with Crippen molar-refractivity contribution in [3.63, 3.8) is 0 Å². The minimum atomic E-state index is 0.269. The van der Waals surface area contributed by atoms with Crippen molar-refractivity contribution in [1.82, 2.24) is 9.97 Å². The molecule has 0 saturated heterocycles. The Morgan fingerprint density at radius 2 is 2.00 bits per heavy atom. The van der Waals surface area contributed by atoms with Gasteiger partial charge in [0.2, 0.25) is 0 Å². The molecule has 1 heterocycles. The maximum atomic E-state index is 5.42. The molecule has 0 aliphatic rings. The van der Waals surface area contributed by atoms with E-state index in [0.717, 1.165) is 5.82 Å². The zero-order chi connectivity index (χ0) is 11.4. The number of nitrogens with one attached hydrogen (secondary N) is 1. The van der Waals surface area contributed by atoms with Crippen LogP contribution in [0.2, 0.25) is 0 Å². The molecule has 1 unspecified atom stereocenters. The van der Waals surface area contributed by atoms with Gasteiger partial charge in [-0.15, -0.1) is 0 Å². The number of thiocarbonyl (C=S) groups is 1. The number of rotatable bonds is 4. The lowest BCUT2D eigenvalue weighted by atomic mass is 10.1. The van der Waals surface area contributed by atoms with Crippen molar-refractivity contribution in [1.29, 1.82) is 0 Å². The van der Waals surface area contributed by atoms with Crippen LogP contribution >= 0.6 is 12.2 Å². The summed E-state index contributed by atoms with van der Waals surface area (Å²) in [6.07, 6.45) is 3.23. The van der Waals surface area contributed by atoms with Crippen molar-refractivity contribution in [3.8, 4) is 0 Å². The van der Waals surface area contributed by atoms with Gasteiger partial charge in [-0.05, 0) is 12.8 Å². The van der Waals surface area contributed by atoms with Crippen LogP contribution in [-0.2, 0) is 0 Å². The van der Waals surface area contributed by atoms with Gasteiger partial charge in [-0.25, -0.2) is 9.97 Å². The summed E-state index contributed by atoms with van der Waals surface area (Å²) in [7, 11) is 0. The molecular formula is C10H16N4S. The molecule has 1 aromatic rings. The largest absolute Gasteiger partial charge is 0.388 e. The number of nitrogens with zero attached hydrogens (tertiary/aromatic N) is 2. The molecule has 0 radical (unpaired) electrons. The second kappa shape index (κ2) is 5.02. The van der Waals surface area contributed by atoms with E-state index in [0.29, 0.717) is 17.7 Å². The van der Waals surface area contributed by atoms with Crippen molar-refractivity contribution in [3.05, 3.63) is 18.1 Å². The second-order valence-electron chi connectivity index (χ2n) is 3.83. The maximum Gasteiger partial charge on any atom is 0.144 e. The lowest BCUT2D eigenvalue weighted by Crippen LogP contribution is -2.22. The predicted octanol–water partition coefficient (Wildman–Crippen LogP) is 1.57. The van der Waals surface area contributed by atoms with Gasteiger partial charge in [-0.2, -0.15) is 0 Å². The van der Waals surface area contributed by atoms with Crippen LogP contribution in [0.3, 0.4) is 0 Å². The third-order valence-corrected chi connectivity index (χ3v) is 2.49. The molecule has 3 N–H and O–H groups in total. The summed E-state index contributed by atoms with van der Waals surface area (Å²) in [5.41, 5.74) is 5.97. The lowest BCUT2D eigenvalue weighted by Gasteiger charge is -2.17. The summed E-state index contributed by atoms with van der Waals surface area (Å²) < 4.78 is 0. The Bertz CT molecular complexity index is 334. The molecule has 82 valence electrons. The van der Waals surface area contributed by atoms with Gasteiger partial charge in [0.05, 0.1) is 12.4 Å². The molecule has 0 spiro atoms. The van der Waals surface area contributed by atoms with Gasteiger partial charge in [0, 0.05) is 6.04 Å². The van der Waals surface area contributed by atoms with Crippen LogP contribution in [-0.4, -0.2) is 21.0 Å². The monoisotopic (exact) mass is 224 g/mol. The van der Waals surface area contributed by atoms with Crippen LogP contribution in [0.4, 0.5) is 5.82 Å². The van der Waals surface area contributed by atoms with Gasteiger partial charge in [-0.1, -0.05) is 26.1 Å². The molecule has 1 rings (SSSR count). The van der Waals surface area contributed by atoms with E-state index in [1.54, 1.807) is 12.4 Å². The van der Waals surface area contributed by atoms with Gasteiger partial charge >= 0.3 is 0 Å². The molecule has 0 saturated carbocycles. The molecule has 0 aromatic carbocycles. The smallest absolute Gasteiger partial charge is 0.144 e. The van der Waals surface area contributed by atoms with Crippen LogP contribution in [0, 0.1) is 5.92 Å². The molecule has 15 heavy (non-hydrogen) atoms. The minimum absolute atomic E-state index is 0.269. The molecule has 5 heteroatoms. The Hall–Kier alpha value is -1.23. The number of hydrogen-bond donors (Lipinski definition) is 2. The van der Waals surface area contributed by atoms with Crippen molar-refractivity contribution in [2.45, 2.75) is 26.8 Å². The quantitative estimate of drug-likeness (QED) is 0.760. The van der Waals surface area contributed by atoms with E-state index < -0.39 is 0 Å². The molecule has 1 aromatic heterocycles. The molecule has 1 atom stereocenters. The second-order valence-corrected chi connectivity index (χ2v) is 4.27. The fourth-order valence-electron chi connectivity index (χ4n) is 0.930. The summed E-state index contributed by atoms with van der Waals surface area (Å²) in [4.78, 5) is 8.55. The SMILES string of the molecule is CC(C)C(C)Nc1cnc(C(N)=S)cn1. The first-order chi connectivity index (χ1) is 7.00. The molecule has 0 aliphatic carbocycles. The van der Waals surface area contributed by atoms with Gasteiger partial charge in [0.15, 0.2) is 0 Å². The Labute approximate surface area is 95.3 Å². The Morgan fingerprint density at radius 3 is 2.40 bits per heavy atom. The van der Waals surface area contributed by atoms with Gasteiger partial charge in [0.25, 0.3) is 0 Å². The van der Waals surface area contributed by atoms with Crippen LogP contribution in [0.15, 0.2) is 12.4 Å². The first kappa shape index (κ1) is 11.8. The number of aromatic nitrogens is 2. The Balaban J connectivity index is 2.68. The topological polar surface area (TPSA) is 63.8 Å². The highest BCUT2D eigenvalue weighted by Gasteiger charge is 2.07. The number of nitrogens with two attached hydrogens (primary N) is 1. The van der Waals surface area contributed by atoms with Gasteiger partial charge in [0.1, 0.15) is 16.5 Å². The minimum Gasteiger partial charge on any atom is -0.388 e. The Morgan fingerprint density at radius 1 is 1.33 bits per heavy atom. The molecule has 0 fully saturated rings. The maximum absolute atomic E-state index is 5.42. The summed E-state index contributed by atoms with van der Waals surface area (Å²) in [5.74, 6) is 1.29. The number of anilines is 1. The average Bonchev–Trinajstić information content (AvgIpc) is 2.18. The zero-order valence-electron chi connectivity index (χ0n) is 9.19. The average molecular weight is 224 g/mol. The fourth-order valence-corrected chi connectivity index (χ4v) is 1.04. The van der Waals surface area contributed by atoms with Crippen molar-refractivity contribution < 1.29 is 0 Å². The van der Waals surface area contributed by atoms with Gasteiger partial charge < -0.3 is 11.1 Å². The predicted molar refractivity (Wildman–Crippen MR) is 65.8 cm³/mol. The van der Waals surface area contributed by atoms with Crippen LogP contribution in [0.1, 0.15) is 26.5 Å². The van der Waals surface area contributed by atoms with E-state index >= 15 is 0 Å². The number of hydrogen-bond acceptors (Lipinski definition) is 4. The fraction of sp³-hybridized carbons (Fsp3) is 0.500. The van der Waals surface area contributed by atoms with Gasteiger partial charge in [-0.3, -0.25) is 0 Å². The highest BCUT2D eigenvalue weighted by molar-refractivity contribution is 7.80. The normalized spacial score (nSPS) is 12.5. The third-order valence-electron chi connectivity index (χ3n) is 2.28. The van der Waals surface area contributed by atoms with E-state index in [1.807, 2.05) is 0 Å². The van der Waals surface area contributed by atoms with Crippen LogP contribution in [0.25, 0.3) is 0 Å². The molecule has 4 nitrogen and oxygen atoms in total. The standard InChI is InChI=1S/C10H16N4S/c1-6(2)7(3)14-9-5-12-8(4-13-9)10(11)15/h4-7H,1-3H3,(H2,11,15)(H,13,14). The highest BCUT2D eigenvalue weighted by atomic mass is 32.1. The van der Waals surface area contributed by atoms with Crippen LogP contribution < -0.4 is 11.1 Å². The third kappa shape index (κ3) is 3.43. The first-order valence-corrected chi connectivity index (χ1v) is 5.30. The lowest BCUT2D eigenvalue weighted by molar-refractivity contribution is 0.558. The highest BCUT2D eigenvalue weighted by Crippen LogP contribution is 2.08. The van der Waals surface area contributed by atoms with E-state index in [-0.39, 0.29) is 4.99 Å². The molecule has 0 bridgehead atoms. The summed E-state index contributed by atoms with van der Waals surface area (Å²) in [5, 5.41) is 3.25.